The summed E-state index contributed by atoms with van der Waals surface area (Å²) in [5, 5.41) is 12.9. The fourth-order valence-corrected chi connectivity index (χ4v) is 5.13. The van der Waals surface area contributed by atoms with Gasteiger partial charge < -0.3 is 20.1 Å². The Balaban J connectivity index is 1.23. The van der Waals surface area contributed by atoms with Gasteiger partial charge in [0.25, 0.3) is 0 Å². The van der Waals surface area contributed by atoms with Gasteiger partial charge in [0.2, 0.25) is 5.91 Å². The van der Waals surface area contributed by atoms with Crippen molar-refractivity contribution in [2.24, 2.45) is 0 Å². The van der Waals surface area contributed by atoms with Crippen LogP contribution in [0.15, 0.2) is 48.5 Å². The number of hydrogen-bond acceptors (Lipinski definition) is 5. The highest BCUT2D eigenvalue weighted by molar-refractivity contribution is 5.93. The third kappa shape index (κ3) is 3.34. The molecule has 0 aliphatic carbocycles. The Morgan fingerprint density at radius 3 is 2.70 bits per heavy atom. The maximum absolute atomic E-state index is 12.8. The molecule has 0 radical (unpaired) electrons. The van der Waals surface area contributed by atoms with Gasteiger partial charge in [0.15, 0.2) is 0 Å². The lowest BCUT2D eigenvalue weighted by Gasteiger charge is -2.43. The molecule has 158 valence electrons. The Kier molecular flexibility index (Phi) is 4.91. The summed E-state index contributed by atoms with van der Waals surface area (Å²) in [6.07, 6.45) is 2.17. The topological polar surface area (TPSA) is 65.0 Å². The minimum atomic E-state index is -0.460. The molecule has 30 heavy (non-hydrogen) atoms. The number of para-hydroxylation sites is 1. The quantitative estimate of drug-likeness (QED) is 0.815. The Morgan fingerprint density at radius 2 is 1.97 bits per heavy atom. The number of nitrogens with zero attached hydrogens (tertiary/aromatic N) is 2. The fraction of sp³-hybridized carbons (Fsp3) is 0.458. The van der Waals surface area contributed by atoms with Gasteiger partial charge in [0.1, 0.15) is 17.4 Å². The van der Waals surface area contributed by atoms with E-state index in [1.165, 1.54) is 5.56 Å². The zero-order valence-electron chi connectivity index (χ0n) is 17.4. The molecule has 2 saturated heterocycles. The number of benzene rings is 2. The molecule has 2 aromatic rings. The number of amides is 1. The molecule has 2 unspecified atom stereocenters. The largest absolute Gasteiger partial charge is 0.488 e. The first-order valence-electron chi connectivity index (χ1n) is 10.9. The molecule has 1 spiro atoms. The van der Waals surface area contributed by atoms with Crippen molar-refractivity contribution in [3.8, 4) is 5.75 Å². The normalized spacial score (nSPS) is 23.9. The van der Waals surface area contributed by atoms with Crippen molar-refractivity contribution in [2.75, 3.05) is 31.2 Å². The standard InChI is InChI=1S/C24H29N3O3/c1-17(28)18-7-8-22-19(13-18)14-21(30-22)15-26-11-9-24(10-12-26)23(29)25-16-27(24)20-5-3-2-4-6-20/h2-8,13,17,21,28H,9-12,14-16H2,1H3,(H,25,29). The number of carbonyl (C=O) groups excluding carboxylic acids is 1. The SMILES string of the molecule is CC(O)c1ccc2c(c1)CC(CN1CCC3(CC1)C(=O)NCN3c1ccccc1)O2. The first-order chi connectivity index (χ1) is 14.5. The Bertz CT molecular complexity index is 923. The average Bonchev–Trinajstić information content (AvgIpc) is 3.30. The van der Waals surface area contributed by atoms with Crippen molar-refractivity contribution < 1.29 is 14.6 Å². The number of rotatable bonds is 4. The predicted molar refractivity (Wildman–Crippen MR) is 116 cm³/mol. The molecule has 6 heteroatoms. The summed E-state index contributed by atoms with van der Waals surface area (Å²) in [4.78, 5) is 17.5. The lowest BCUT2D eigenvalue weighted by molar-refractivity contribution is -0.125. The number of anilines is 1. The second-order valence-corrected chi connectivity index (χ2v) is 8.75. The Morgan fingerprint density at radius 1 is 1.20 bits per heavy atom. The van der Waals surface area contributed by atoms with E-state index in [1.54, 1.807) is 6.92 Å². The molecule has 5 rings (SSSR count). The monoisotopic (exact) mass is 407 g/mol. The molecule has 6 nitrogen and oxygen atoms in total. The van der Waals surface area contributed by atoms with Gasteiger partial charge in [-0.15, -0.1) is 0 Å². The summed E-state index contributed by atoms with van der Waals surface area (Å²) in [6.45, 7) is 4.99. The van der Waals surface area contributed by atoms with Gasteiger partial charge in [-0.25, -0.2) is 0 Å². The minimum Gasteiger partial charge on any atom is -0.488 e. The maximum Gasteiger partial charge on any atom is 0.247 e. The van der Waals surface area contributed by atoms with E-state index < -0.39 is 11.6 Å². The van der Waals surface area contributed by atoms with Crippen molar-refractivity contribution >= 4 is 11.6 Å². The van der Waals surface area contributed by atoms with E-state index >= 15 is 0 Å². The molecule has 2 N–H and O–H groups in total. The third-order valence-electron chi connectivity index (χ3n) is 6.86. The van der Waals surface area contributed by atoms with Crippen LogP contribution in [0.2, 0.25) is 0 Å². The van der Waals surface area contributed by atoms with Crippen molar-refractivity contribution in [2.45, 2.75) is 43.9 Å². The summed E-state index contributed by atoms with van der Waals surface area (Å²) in [5.74, 6) is 1.09. The highest BCUT2D eigenvalue weighted by atomic mass is 16.5. The number of likely N-dealkylation sites (tertiary alicyclic amines) is 1. The molecular weight excluding hydrogens is 378 g/mol. The molecule has 3 heterocycles. The van der Waals surface area contributed by atoms with E-state index in [-0.39, 0.29) is 12.0 Å². The van der Waals surface area contributed by atoms with Crippen LogP contribution in [0, 0.1) is 0 Å². The molecule has 2 aromatic carbocycles. The van der Waals surface area contributed by atoms with Crippen LogP contribution in [0.4, 0.5) is 5.69 Å². The minimum absolute atomic E-state index is 0.126. The van der Waals surface area contributed by atoms with Crippen molar-refractivity contribution in [3.63, 3.8) is 0 Å². The molecule has 3 aliphatic rings. The van der Waals surface area contributed by atoms with Crippen molar-refractivity contribution in [1.29, 1.82) is 0 Å². The van der Waals surface area contributed by atoms with E-state index in [0.717, 1.165) is 55.9 Å². The average molecular weight is 408 g/mol. The number of nitrogens with one attached hydrogen (secondary N) is 1. The zero-order valence-corrected chi connectivity index (χ0v) is 17.4. The van der Waals surface area contributed by atoms with Gasteiger partial charge in [-0.1, -0.05) is 24.3 Å². The highest BCUT2D eigenvalue weighted by Crippen LogP contribution is 2.37. The molecule has 0 saturated carbocycles. The summed E-state index contributed by atoms with van der Waals surface area (Å²) in [6, 6.07) is 16.2. The number of hydrogen-bond donors (Lipinski definition) is 2. The van der Waals surface area contributed by atoms with Crippen molar-refractivity contribution in [1.82, 2.24) is 10.2 Å². The smallest absolute Gasteiger partial charge is 0.247 e. The second kappa shape index (κ2) is 7.60. The number of carbonyl (C=O) groups is 1. The van der Waals surface area contributed by atoms with Gasteiger partial charge in [-0.3, -0.25) is 9.69 Å². The third-order valence-corrected chi connectivity index (χ3v) is 6.86. The van der Waals surface area contributed by atoms with Crippen LogP contribution in [0.5, 0.6) is 5.75 Å². The van der Waals surface area contributed by atoms with Gasteiger partial charge in [-0.05, 0) is 55.2 Å². The lowest BCUT2D eigenvalue weighted by atomic mass is 9.85. The first-order valence-corrected chi connectivity index (χ1v) is 10.9. The van der Waals surface area contributed by atoms with Gasteiger partial charge >= 0.3 is 0 Å². The Labute approximate surface area is 177 Å². The summed E-state index contributed by atoms with van der Waals surface area (Å²) < 4.78 is 6.16. The van der Waals surface area contributed by atoms with Crippen LogP contribution in [-0.2, 0) is 11.2 Å². The van der Waals surface area contributed by atoms with Gasteiger partial charge in [0, 0.05) is 31.7 Å². The number of ether oxygens (including phenoxy) is 1. The summed E-state index contributed by atoms with van der Waals surface area (Å²) in [7, 11) is 0. The molecule has 1 amide bonds. The first kappa shape index (κ1) is 19.4. The number of aliphatic hydroxyl groups excluding tert-OH is 1. The van der Waals surface area contributed by atoms with Crippen LogP contribution < -0.4 is 15.0 Å². The molecule has 0 aromatic heterocycles. The van der Waals surface area contributed by atoms with Crippen LogP contribution in [0.3, 0.4) is 0 Å². The molecule has 2 fully saturated rings. The van der Waals surface area contributed by atoms with E-state index in [2.05, 4.69) is 33.3 Å². The molecule has 2 atom stereocenters. The van der Waals surface area contributed by atoms with Crippen LogP contribution >= 0.6 is 0 Å². The van der Waals surface area contributed by atoms with Crippen molar-refractivity contribution in [3.05, 3.63) is 59.7 Å². The lowest BCUT2D eigenvalue weighted by Crippen LogP contribution is -2.57. The molecule has 3 aliphatic heterocycles. The summed E-state index contributed by atoms with van der Waals surface area (Å²) >= 11 is 0. The predicted octanol–water partition coefficient (Wildman–Crippen LogP) is 2.47. The second-order valence-electron chi connectivity index (χ2n) is 8.75. The van der Waals surface area contributed by atoms with E-state index in [1.807, 2.05) is 30.3 Å². The van der Waals surface area contributed by atoms with Crippen LogP contribution in [0.1, 0.15) is 37.0 Å². The summed E-state index contributed by atoms with van der Waals surface area (Å²) in [5.41, 5.74) is 2.78. The van der Waals surface area contributed by atoms with E-state index in [4.69, 9.17) is 4.74 Å². The van der Waals surface area contributed by atoms with E-state index in [9.17, 15) is 9.90 Å². The molecular formula is C24H29N3O3. The van der Waals surface area contributed by atoms with E-state index in [0.29, 0.717) is 6.67 Å². The maximum atomic E-state index is 12.8. The van der Waals surface area contributed by atoms with Crippen LogP contribution in [-0.4, -0.2) is 53.9 Å². The number of piperidine rings is 1. The fourth-order valence-electron chi connectivity index (χ4n) is 5.13. The van der Waals surface area contributed by atoms with Gasteiger partial charge in [-0.2, -0.15) is 0 Å². The molecule has 0 bridgehead atoms. The number of aliphatic hydroxyl groups is 1. The van der Waals surface area contributed by atoms with Gasteiger partial charge in [0.05, 0.1) is 12.8 Å². The highest BCUT2D eigenvalue weighted by Gasteiger charge is 2.50. The zero-order chi connectivity index (χ0) is 20.7. The number of fused-ring (bicyclic) bond motifs is 1. The Hall–Kier alpha value is -2.57. The van der Waals surface area contributed by atoms with Crippen LogP contribution in [0.25, 0.3) is 0 Å².